The van der Waals surface area contributed by atoms with E-state index in [4.69, 9.17) is 15.5 Å². The molecule has 2 N–H and O–H groups in total. The van der Waals surface area contributed by atoms with Crippen molar-refractivity contribution in [1.82, 2.24) is 14.5 Å². The Morgan fingerprint density at radius 1 is 1.17 bits per heavy atom. The van der Waals surface area contributed by atoms with E-state index in [-0.39, 0.29) is 0 Å². The molecule has 0 aliphatic rings. The molecule has 1 aromatic carbocycles. The van der Waals surface area contributed by atoms with E-state index in [1.807, 2.05) is 28.8 Å². The van der Waals surface area contributed by atoms with Crippen LogP contribution in [0.2, 0.25) is 0 Å². The van der Waals surface area contributed by atoms with Crippen LogP contribution < -0.4 is 5.73 Å². The second-order valence-corrected chi connectivity index (χ2v) is 5.72. The van der Waals surface area contributed by atoms with Gasteiger partial charge in [0.1, 0.15) is 16.9 Å². The summed E-state index contributed by atoms with van der Waals surface area (Å²) in [6.07, 6.45) is 3.18. The molecule has 3 rings (SSSR count). The Morgan fingerprint density at radius 2 is 1.88 bits per heavy atom. The SMILES string of the molecule is CCCCCn1c(N)c(C(=O)OCC)c2nc3ccccc3nc21. The number of aryl methyl sites for hydroxylation is 1. The third-order valence-corrected chi connectivity index (χ3v) is 4.06. The summed E-state index contributed by atoms with van der Waals surface area (Å²) in [5.41, 5.74) is 9.28. The summed E-state index contributed by atoms with van der Waals surface area (Å²) in [5.74, 6) is -0.0614. The number of fused-ring (bicyclic) bond motifs is 2. The van der Waals surface area contributed by atoms with Crippen molar-refractivity contribution >= 4 is 34.0 Å². The predicted molar refractivity (Wildman–Crippen MR) is 94.9 cm³/mol. The van der Waals surface area contributed by atoms with Gasteiger partial charge in [0.2, 0.25) is 0 Å². The van der Waals surface area contributed by atoms with E-state index in [0.717, 1.165) is 30.3 Å². The Labute approximate surface area is 140 Å². The van der Waals surface area contributed by atoms with E-state index in [2.05, 4.69) is 11.9 Å². The van der Waals surface area contributed by atoms with E-state index in [9.17, 15) is 4.79 Å². The number of hydrogen-bond acceptors (Lipinski definition) is 5. The van der Waals surface area contributed by atoms with Crippen LogP contribution in [0.25, 0.3) is 22.2 Å². The minimum Gasteiger partial charge on any atom is -0.462 e. The van der Waals surface area contributed by atoms with Gasteiger partial charge in [-0.25, -0.2) is 14.8 Å². The fraction of sp³-hybridized carbons (Fsp3) is 0.389. The number of benzene rings is 1. The molecule has 0 spiro atoms. The molecule has 0 bridgehead atoms. The monoisotopic (exact) mass is 326 g/mol. The topological polar surface area (TPSA) is 83.0 Å². The largest absolute Gasteiger partial charge is 0.462 e. The molecule has 6 heteroatoms. The second kappa shape index (κ2) is 6.86. The Bertz CT molecular complexity index is 885. The summed E-state index contributed by atoms with van der Waals surface area (Å²) < 4.78 is 7.05. The summed E-state index contributed by atoms with van der Waals surface area (Å²) >= 11 is 0. The van der Waals surface area contributed by atoms with Crippen LogP contribution in [0.4, 0.5) is 5.82 Å². The highest BCUT2D eigenvalue weighted by Crippen LogP contribution is 2.29. The lowest BCUT2D eigenvalue weighted by molar-refractivity contribution is 0.0529. The standard InChI is InChI=1S/C18H22N4O2/c1-3-5-8-11-22-16(19)14(18(23)24-4-2)15-17(22)21-13-10-7-6-9-12(13)20-15/h6-7,9-10H,3-5,8,11,19H2,1-2H3. The van der Waals surface area contributed by atoms with Crippen molar-refractivity contribution in [3.8, 4) is 0 Å². The van der Waals surface area contributed by atoms with Gasteiger partial charge >= 0.3 is 5.97 Å². The highest BCUT2D eigenvalue weighted by Gasteiger charge is 2.24. The van der Waals surface area contributed by atoms with Crippen molar-refractivity contribution < 1.29 is 9.53 Å². The Balaban J connectivity index is 2.22. The Hall–Kier alpha value is -2.63. The molecule has 126 valence electrons. The fourth-order valence-corrected chi connectivity index (χ4v) is 2.87. The lowest BCUT2D eigenvalue weighted by Gasteiger charge is -2.07. The van der Waals surface area contributed by atoms with Crippen molar-refractivity contribution in [2.75, 3.05) is 12.3 Å². The number of nitrogens with zero attached hydrogens (tertiary/aromatic N) is 3. The minimum atomic E-state index is -0.446. The number of nitrogens with two attached hydrogens (primary N) is 1. The second-order valence-electron chi connectivity index (χ2n) is 5.72. The van der Waals surface area contributed by atoms with E-state index < -0.39 is 5.97 Å². The van der Waals surface area contributed by atoms with Gasteiger partial charge in [-0.3, -0.25) is 0 Å². The number of anilines is 1. The molecule has 0 fully saturated rings. The van der Waals surface area contributed by atoms with Crippen LogP contribution in [0.3, 0.4) is 0 Å². The number of nitrogen functional groups attached to an aromatic ring is 1. The molecule has 2 heterocycles. The number of hydrogen-bond donors (Lipinski definition) is 1. The normalized spacial score (nSPS) is 11.2. The number of unbranched alkanes of at least 4 members (excludes halogenated alkanes) is 2. The summed E-state index contributed by atoms with van der Waals surface area (Å²) in [6, 6.07) is 7.60. The van der Waals surface area contributed by atoms with Gasteiger partial charge in [-0.15, -0.1) is 0 Å². The molecule has 6 nitrogen and oxygen atoms in total. The maximum absolute atomic E-state index is 12.4. The van der Waals surface area contributed by atoms with Crippen LogP contribution in [0.15, 0.2) is 24.3 Å². The van der Waals surface area contributed by atoms with Gasteiger partial charge in [0.25, 0.3) is 0 Å². The fourth-order valence-electron chi connectivity index (χ4n) is 2.87. The molecule has 3 aromatic rings. The summed E-state index contributed by atoms with van der Waals surface area (Å²) in [5, 5.41) is 0. The summed E-state index contributed by atoms with van der Waals surface area (Å²) in [6.45, 7) is 4.93. The third-order valence-electron chi connectivity index (χ3n) is 4.06. The molecule has 0 aliphatic carbocycles. The van der Waals surface area contributed by atoms with Crippen LogP contribution in [0, 0.1) is 0 Å². The quantitative estimate of drug-likeness (QED) is 0.553. The zero-order valence-electron chi connectivity index (χ0n) is 14.1. The average molecular weight is 326 g/mol. The van der Waals surface area contributed by atoms with E-state index in [1.165, 1.54) is 0 Å². The van der Waals surface area contributed by atoms with Crippen LogP contribution in [-0.2, 0) is 11.3 Å². The zero-order chi connectivity index (χ0) is 17.1. The van der Waals surface area contributed by atoms with Crippen molar-refractivity contribution in [3.63, 3.8) is 0 Å². The molecule has 0 atom stereocenters. The molecule has 2 aromatic heterocycles. The van der Waals surface area contributed by atoms with Crippen molar-refractivity contribution in [3.05, 3.63) is 29.8 Å². The first kappa shape index (κ1) is 16.2. The smallest absolute Gasteiger partial charge is 0.344 e. The Kier molecular flexibility index (Phi) is 4.64. The lowest BCUT2D eigenvalue weighted by atomic mass is 10.2. The molecular weight excluding hydrogens is 304 g/mol. The van der Waals surface area contributed by atoms with Crippen molar-refractivity contribution in [2.24, 2.45) is 0 Å². The number of aromatic nitrogens is 3. The molecule has 0 radical (unpaired) electrons. The zero-order valence-corrected chi connectivity index (χ0v) is 14.1. The average Bonchev–Trinajstić information content (AvgIpc) is 2.84. The molecular formula is C18H22N4O2. The van der Waals surface area contributed by atoms with Gasteiger partial charge in [0.15, 0.2) is 5.65 Å². The first-order valence-corrected chi connectivity index (χ1v) is 8.39. The van der Waals surface area contributed by atoms with E-state index in [0.29, 0.717) is 35.7 Å². The summed E-state index contributed by atoms with van der Waals surface area (Å²) in [4.78, 5) is 21.7. The lowest BCUT2D eigenvalue weighted by Crippen LogP contribution is -2.10. The Morgan fingerprint density at radius 3 is 2.54 bits per heavy atom. The molecule has 24 heavy (non-hydrogen) atoms. The molecule has 0 saturated heterocycles. The molecule has 0 unspecified atom stereocenters. The predicted octanol–water partition coefficient (Wildman–Crippen LogP) is 3.53. The number of carbonyl (C=O) groups excluding carboxylic acids is 1. The molecule has 0 aliphatic heterocycles. The number of esters is 1. The van der Waals surface area contributed by atoms with Gasteiger partial charge in [-0.1, -0.05) is 31.9 Å². The van der Waals surface area contributed by atoms with E-state index >= 15 is 0 Å². The summed E-state index contributed by atoms with van der Waals surface area (Å²) in [7, 11) is 0. The minimum absolute atomic E-state index is 0.293. The van der Waals surface area contributed by atoms with Gasteiger partial charge < -0.3 is 15.0 Å². The number of rotatable bonds is 6. The highest BCUT2D eigenvalue weighted by molar-refractivity contribution is 6.08. The van der Waals surface area contributed by atoms with Gasteiger partial charge in [0.05, 0.1) is 17.6 Å². The first-order valence-electron chi connectivity index (χ1n) is 8.39. The maximum atomic E-state index is 12.4. The highest BCUT2D eigenvalue weighted by atomic mass is 16.5. The number of carbonyl (C=O) groups is 1. The molecule has 0 saturated carbocycles. The van der Waals surface area contributed by atoms with Crippen LogP contribution in [0.1, 0.15) is 43.5 Å². The van der Waals surface area contributed by atoms with Crippen LogP contribution >= 0.6 is 0 Å². The van der Waals surface area contributed by atoms with Crippen molar-refractivity contribution in [1.29, 1.82) is 0 Å². The van der Waals surface area contributed by atoms with E-state index in [1.54, 1.807) is 6.92 Å². The van der Waals surface area contributed by atoms with Gasteiger partial charge in [-0.2, -0.15) is 0 Å². The van der Waals surface area contributed by atoms with Gasteiger partial charge in [-0.05, 0) is 25.5 Å². The van der Waals surface area contributed by atoms with Crippen LogP contribution in [-0.4, -0.2) is 27.1 Å². The number of para-hydroxylation sites is 2. The third kappa shape index (κ3) is 2.79. The first-order chi connectivity index (χ1) is 11.7. The van der Waals surface area contributed by atoms with Crippen LogP contribution in [0.5, 0.6) is 0 Å². The van der Waals surface area contributed by atoms with Gasteiger partial charge in [0, 0.05) is 6.54 Å². The maximum Gasteiger partial charge on any atom is 0.344 e. The number of ether oxygens (including phenoxy) is 1. The molecule has 0 amide bonds. The van der Waals surface area contributed by atoms with Crippen molar-refractivity contribution in [2.45, 2.75) is 39.7 Å².